The molecule has 2 aliphatic rings. The number of fused-ring (bicyclic) bond motifs is 1. The minimum atomic E-state index is 0.0270. The van der Waals surface area contributed by atoms with Crippen molar-refractivity contribution in [3.63, 3.8) is 0 Å². The molecule has 3 heterocycles. The molecule has 0 aromatic carbocycles. The van der Waals surface area contributed by atoms with Crippen molar-refractivity contribution in [2.24, 2.45) is 0 Å². The van der Waals surface area contributed by atoms with Crippen LogP contribution in [0.15, 0.2) is 17.5 Å². The monoisotopic (exact) mass is 281 g/mol. The molecule has 2 fully saturated rings. The zero-order valence-electron chi connectivity index (χ0n) is 11.1. The molecule has 4 nitrogen and oxygen atoms in total. The zero-order chi connectivity index (χ0) is 13.2. The van der Waals surface area contributed by atoms with E-state index in [0.29, 0.717) is 13.2 Å². The van der Waals surface area contributed by atoms with Crippen LogP contribution in [0.3, 0.4) is 0 Å². The van der Waals surface area contributed by atoms with Crippen molar-refractivity contribution in [3.05, 3.63) is 22.4 Å². The Labute approximate surface area is 117 Å². The van der Waals surface area contributed by atoms with Gasteiger partial charge in [0.05, 0.1) is 17.5 Å². The van der Waals surface area contributed by atoms with E-state index in [1.54, 1.807) is 0 Å². The third kappa shape index (κ3) is 2.42. The Bertz CT molecular complexity index is 434. The Morgan fingerprint density at radius 1 is 1.63 bits per heavy atom. The normalized spacial score (nSPS) is 30.4. The fourth-order valence-corrected chi connectivity index (χ4v) is 3.72. The Morgan fingerprint density at radius 2 is 2.53 bits per heavy atom. The van der Waals surface area contributed by atoms with Gasteiger partial charge in [-0.05, 0) is 31.2 Å². The van der Waals surface area contributed by atoms with E-state index in [1.165, 1.54) is 11.3 Å². The van der Waals surface area contributed by atoms with Gasteiger partial charge in [0, 0.05) is 13.2 Å². The quantitative estimate of drug-likeness (QED) is 0.852. The first-order valence-corrected chi connectivity index (χ1v) is 7.77. The summed E-state index contributed by atoms with van der Waals surface area (Å²) in [5, 5.41) is 1.94. The first kappa shape index (κ1) is 13.1. The lowest BCUT2D eigenvalue weighted by molar-refractivity contribution is -0.0737. The number of carbonyl (C=O) groups is 1. The number of likely N-dealkylation sites (tertiary alicyclic amines) is 1. The highest BCUT2D eigenvalue weighted by Gasteiger charge is 2.46. The van der Waals surface area contributed by atoms with E-state index in [2.05, 4.69) is 0 Å². The molecule has 1 amide bonds. The molecular formula is C14H19NO3S. The number of thiophene rings is 1. The van der Waals surface area contributed by atoms with Crippen LogP contribution < -0.4 is 0 Å². The average molecular weight is 281 g/mol. The summed E-state index contributed by atoms with van der Waals surface area (Å²) in [5.74, 6) is 0.123. The molecule has 0 aliphatic carbocycles. The number of amides is 1. The third-order valence-electron chi connectivity index (χ3n) is 3.85. The molecule has 0 saturated carbocycles. The summed E-state index contributed by atoms with van der Waals surface area (Å²) in [6, 6.07) is 3.99. The van der Waals surface area contributed by atoms with Crippen LogP contribution in [0.2, 0.25) is 0 Å². The fourth-order valence-electron chi connectivity index (χ4n) is 3.05. The summed E-state index contributed by atoms with van der Waals surface area (Å²) < 4.78 is 11.6. The van der Waals surface area contributed by atoms with Gasteiger partial charge in [-0.3, -0.25) is 4.79 Å². The molecule has 3 rings (SSSR count). The van der Waals surface area contributed by atoms with Gasteiger partial charge in [0.2, 0.25) is 0 Å². The molecule has 5 heteroatoms. The van der Waals surface area contributed by atoms with Crippen LogP contribution in [0.25, 0.3) is 0 Å². The van der Waals surface area contributed by atoms with Crippen molar-refractivity contribution < 1.29 is 14.3 Å². The maximum Gasteiger partial charge on any atom is 0.264 e. The summed E-state index contributed by atoms with van der Waals surface area (Å²) >= 11 is 1.50. The first-order valence-electron chi connectivity index (χ1n) is 6.89. The number of hydrogen-bond donors (Lipinski definition) is 0. The summed E-state index contributed by atoms with van der Waals surface area (Å²) in [5.41, 5.74) is 0. The van der Waals surface area contributed by atoms with Gasteiger partial charge in [0.25, 0.3) is 5.91 Å². The predicted octanol–water partition coefficient (Wildman–Crippen LogP) is 2.16. The Hall–Kier alpha value is -0.910. The maximum atomic E-state index is 12.5. The standard InChI is InChI=1S/C14H19NO3S/c1-2-17-11-9-15(10-5-3-7-18-13(10)11)14(16)12-6-4-8-19-12/h4,6,8,10-11,13H,2-3,5,7,9H2,1H3/t10-,11+,13+/m0/s1. The van der Waals surface area contributed by atoms with Crippen LogP contribution in [-0.4, -0.2) is 48.8 Å². The van der Waals surface area contributed by atoms with E-state index in [1.807, 2.05) is 29.3 Å². The predicted molar refractivity (Wildman–Crippen MR) is 73.5 cm³/mol. The highest BCUT2D eigenvalue weighted by atomic mass is 32.1. The summed E-state index contributed by atoms with van der Waals surface area (Å²) in [7, 11) is 0. The van der Waals surface area contributed by atoms with Crippen LogP contribution in [0.5, 0.6) is 0 Å². The smallest absolute Gasteiger partial charge is 0.264 e. The molecule has 3 atom stereocenters. The average Bonchev–Trinajstić information content (AvgIpc) is 3.07. The van der Waals surface area contributed by atoms with Crippen LogP contribution in [0, 0.1) is 0 Å². The van der Waals surface area contributed by atoms with Crippen molar-refractivity contribution >= 4 is 17.2 Å². The summed E-state index contributed by atoms with van der Waals surface area (Å²) in [6.45, 7) is 4.09. The maximum absolute atomic E-state index is 12.5. The second kappa shape index (κ2) is 5.61. The minimum Gasteiger partial charge on any atom is -0.374 e. The van der Waals surface area contributed by atoms with Crippen LogP contribution >= 0.6 is 11.3 Å². The summed E-state index contributed by atoms with van der Waals surface area (Å²) in [4.78, 5) is 15.3. The number of hydrogen-bond acceptors (Lipinski definition) is 4. The molecule has 1 aromatic heterocycles. The van der Waals surface area contributed by atoms with Gasteiger partial charge < -0.3 is 14.4 Å². The van der Waals surface area contributed by atoms with E-state index in [-0.39, 0.29) is 24.2 Å². The van der Waals surface area contributed by atoms with Gasteiger partial charge in [-0.2, -0.15) is 0 Å². The second-order valence-corrected chi connectivity index (χ2v) is 5.92. The molecule has 2 saturated heterocycles. The molecule has 0 unspecified atom stereocenters. The molecular weight excluding hydrogens is 262 g/mol. The van der Waals surface area contributed by atoms with Gasteiger partial charge in [-0.15, -0.1) is 11.3 Å². The lowest BCUT2D eigenvalue weighted by Crippen LogP contribution is -2.43. The van der Waals surface area contributed by atoms with Crippen LogP contribution in [0.4, 0.5) is 0 Å². The fraction of sp³-hybridized carbons (Fsp3) is 0.643. The van der Waals surface area contributed by atoms with Crippen molar-refractivity contribution in [2.45, 2.75) is 38.0 Å². The largest absolute Gasteiger partial charge is 0.374 e. The number of rotatable bonds is 3. The second-order valence-electron chi connectivity index (χ2n) is 4.97. The Kier molecular flexibility index (Phi) is 3.86. The van der Waals surface area contributed by atoms with Gasteiger partial charge in [-0.25, -0.2) is 0 Å². The Balaban J connectivity index is 1.79. The highest BCUT2D eigenvalue weighted by Crippen LogP contribution is 2.32. The topological polar surface area (TPSA) is 38.8 Å². The zero-order valence-corrected chi connectivity index (χ0v) is 11.9. The van der Waals surface area contributed by atoms with E-state index in [9.17, 15) is 4.79 Å². The van der Waals surface area contributed by atoms with Crippen molar-refractivity contribution in [3.8, 4) is 0 Å². The van der Waals surface area contributed by atoms with Gasteiger partial charge in [0.1, 0.15) is 12.2 Å². The van der Waals surface area contributed by atoms with E-state index in [0.717, 1.165) is 24.3 Å². The SMILES string of the molecule is CCO[C@@H]1CN(C(=O)c2cccs2)[C@H]2CCCO[C@@H]12. The summed E-state index contributed by atoms with van der Waals surface area (Å²) in [6.07, 6.45) is 2.12. The molecule has 2 aliphatic heterocycles. The number of carbonyl (C=O) groups excluding carboxylic acids is 1. The van der Waals surface area contributed by atoms with Crippen LogP contribution in [-0.2, 0) is 9.47 Å². The van der Waals surface area contributed by atoms with Gasteiger partial charge in [0.15, 0.2) is 0 Å². The van der Waals surface area contributed by atoms with Crippen molar-refractivity contribution in [1.29, 1.82) is 0 Å². The number of nitrogens with zero attached hydrogens (tertiary/aromatic N) is 1. The van der Waals surface area contributed by atoms with E-state index in [4.69, 9.17) is 9.47 Å². The van der Waals surface area contributed by atoms with Crippen molar-refractivity contribution in [1.82, 2.24) is 4.90 Å². The molecule has 1 aromatic rings. The van der Waals surface area contributed by atoms with Gasteiger partial charge >= 0.3 is 0 Å². The van der Waals surface area contributed by atoms with E-state index < -0.39 is 0 Å². The van der Waals surface area contributed by atoms with Crippen LogP contribution in [0.1, 0.15) is 29.4 Å². The molecule has 0 bridgehead atoms. The lowest BCUT2D eigenvalue weighted by atomic mass is 10.0. The minimum absolute atomic E-state index is 0.0270. The van der Waals surface area contributed by atoms with Crippen molar-refractivity contribution in [2.75, 3.05) is 19.8 Å². The van der Waals surface area contributed by atoms with E-state index >= 15 is 0 Å². The molecule has 0 radical (unpaired) electrons. The third-order valence-corrected chi connectivity index (χ3v) is 4.71. The molecule has 19 heavy (non-hydrogen) atoms. The Morgan fingerprint density at radius 3 is 3.26 bits per heavy atom. The molecule has 0 N–H and O–H groups in total. The molecule has 0 spiro atoms. The van der Waals surface area contributed by atoms with Gasteiger partial charge in [-0.1, -0.05) is 6.07 Å². The highest BCUT2D eigenvalue weighted by molar-refractivity contribution is 7.12. The lowest BCUT2D eigenvalue weighted by Gasteiger charge is -2.31. The first-order chi connectivity index (χ1) is 9.31. The number of ether oxygens (including phenoxy) is 2. The molecule has 104 valence electrons.